The van der Waals surface area contributed by atoms with Crippen LogP contribution < -0.4 is 0 Å². The molecule has 0 amide bonds. The number of thiophene rings is 1. The fourth-order valence-electron chi connectivity index (χ4n) is 1.56. The third-order valence-electron chi connectivity index (χ3n) is 2.44. The molecular formula is C12H10N4OS2. The van der Waals surface area contributed by atoms with Gasteiger partial charge in [0, 0.05) is 17.3 Å². The molecule has 0 aliphatic carbocycles. The highest BCUT2D eigenvalue weighted by molar-refractivity contribution is 7.99. The first-order valence-electron chi connectivity index (χ1n) is 5.62. The van der Waals surface area contributed by atoms with Crippen molar-refractivity contribution in [2.45, 2.75) is 12.1 Å². The van der Waals surface area contributed by atoms with Crippen molar-refractivity contribution in [2.24, 2.45) is 0 Å². The molecule has 0 fully saturated rings. The lowest BCUT2D eigenvalue weighted by atomic mass is 10.3. The van der Waals surface area contributed by atoms with E-state index in [2.05, 4.69) is 15.1 Å². The summed E-state index contributed by atoms with van der Waals surface area (Å²) in [6.07, 6.45) is 3.45. The smallest absolute Gasteiger partial charge is 0.253 e. The summed E-state index contributed by atoms with van der Waals surface area (Å²) in [5, 5.41) is 4.81. The SMILES string of the molecule is Cc1ccc(C(=O)CSc2nc3ncccn3n2)s1. The summed E-state index contributed by atoms with van der Waals surface area (Å²) in [6, 6.07) is 5.60. The summed E-state index contributed by atoms with van der Waals surface area (Å²) in [6.45, 7) is 1.99. The molecule has 0 atom stereocenters. The number of ketones is 1. The highest BCUT2D eigenvalue weighted by atomic mass is 32.2. The Bertz CT molecular complexity index is 701. The maximum Gasteiger partial charge on any atom is 0.253 e. The molecule has 3 heterocycles. The monoisotopic (exact) mass is 290 g/mol. The number of thioether (sulfide) groups is 1. The van der Waals surface area contributed by atoms with Crippen LogP contribution in [0.15, 0.2) is 35.7 Å². The van der Waals surface area contributed by atoms with Crippen LogP contribution in [0.4, 0.5) is 0 Å². The second-order valence-corrected chi connectivity index (χ2v) is 6.11. The minimum Gasteiger partial charge on any atom is -0.292 e. The second-order valence-electron chi connectivity index (χ2n) is 3.88. The molecule has 3 aromatic heterocycles. The van der Waals surface area contributed by atoms with Crippen molar-refractivity contribution in [2.75, 3.05) is 5.75 Å². The van der Waals surface area contributed by atoms with Gasteiger partial charge in [-0.05, 0) is 25.1 Å². The molecule has 0 saturated carbocycles. The van der Waals surface area contributed by atoms with Gasteiger partial charge >= 0.3 is 0 Å². The van der Waals surface area contributed by atoms with Gasteiger partial charge in [-0.2, -0.15) is 4.98 Å². The summed E-state index contributed by atoms with van der Waals surface area (Å²) in [7, 11) is 0. The summed E-state index contributed by atoms with van der Waals surface area (Å²) < 4.78 is 1.60. The molecule has 19 heavy (non-hydrogen) atoms. The van der Waals surface area contributed by atoms with E-state index < -0.39 is 0 Å². The highest BCUT2D eigenvalue weighted by Gasteiger charge is 2.11. The molecule has 0 unspecified atom stereocenters. The van der Waals surface area contributed by atoms with Gasteiger partial charge in [-0.25, -0.2) is 9.50 Å². The van der Waals surface area contributed by atoms with E-state index >= 15 is 0 Å². The number of Topliss-reactive ketones (excluding diaryl/α,β-unsaturated/α-hetero) is 1. The number of carbonyl (C=O) groups excluding carboxylic acids is 1. The Morgan fingerprint density at radius 1 is 1.47 bits per heavy atom. The van der Waals surface area contributed by atoms with Crippen LogP contribution in [-0.4, -0.2) is 31.1 Å². The molecule has 3 aromatic rings. The van der Waals surface area contributed by atoms with Crippen LogP contribution in [0, 0.1) is 6.92 Å². The third kappa shape index (κ3) is 2.66. The molecule has 0 radical (unpaired) electrons. The Hall–Kier alpha value is -1.73. The number of aryl methyl sites for hydroxylation is 1. The summed E-state index contributed by atoms with van der Waals surface area (Å²) in [5.74, 6) is 0.996. The van der Waals surface area contributed by atoms with Gasteiger partial charge in [-0.3, -0.25) is 4.79 Å². The van der Waals surface area contributed by atoms with Gasteiger partial charge < -0.3 is 0 Å². The van der Waals surface area contributed by atoms with Crippen LogP contribution in [0.5, 0.6) is 0 Å². The van der Waals surface area contributed by atoms with Crippen molar-refractivity contribution in [3.05, 3.63) is 40.3 Å². The van der Waals surface area contributed by atoms with E-state index in [9.17, 15) is 4.79 Å². The molecule has 0 aromatic carbocycles. The standard InChI is InChI=1S/C12H10N4OS2/c1-8-3-4-10(19-8)9(17)7-18-12-14-11-13-5-2-6-16(11)15-12/h2-6H,7H2,1H3. The average Bonchev–Trinajstić information content (AvgIpc) is 3.01. The van der Waals surface area contributed by atoms with E-state index in [4.69, 9.17) is 0 Å². The molecular weight excluding hydrogens is 280 g/mol. The van der Waals surface area contributed by atoms with Crippen LogP contribution in [0.2, 0.25) is 0 Å². The first-order valence-corrected chi connectivity index (χ1v) is 7.42. The van der Waals surface area contributed by atoms with Crippen molar-refractivity contribution >= 4 is 34.7 Å². The first-order chi connectivity index (χ1) is 9.22. The lowest BCUT2D eigenvalue weighted by molar-refractivity contribution is 0.102. The van der Waals surface area contributed by atoms with Gasteiger partial charge in [0.05, 0.1) is 10.6 Å². The molecule has 0 bridgehead atoms. The first kappa shape index (κ1) is 12.3. The molecule has 0 saturated heterocycles. The van der Waals surface area contributed by atoms with Crippen molar-refractivity contribution in [1.82, 2.24) is 19.6 Å². The van der Waals surface area contributed by atoms with E-state index in [1.165, 1.54) is 23.1 Å². The molecule has 0 spiro atoms. The summed E-state index contributed by atoms with van der Waals surface area (Å²) in [4.78, 5) is 22.2. The number of rotatable bonds is 4. The number of carbonyl (C=O) groups is 1. The third-order valence-corrected chi connectivity index (χ3v) is 4.32. The molecule has 7 heteroatoms. The second kappa shape index (κ2) is 5.10. The maximum atomic E-state index is 12.0. The molecule has 5 nitrogen and oxygen atoms in total. The number of nitrogens with zero attached hydrogens (tertiary/aromatic N) is 4. The van der Waals surface area contributed by atoms with Crippen molar-refractivity contribution in [1.29, 1.82) is 0 Å². The highest BCUT2D eigenvalue weighted by Crippen LogP contribution is 2.20. The van der Waals surface area contributed by atoms with Crippen LogP contribution in [0.1, 0.15) is 14.5 Å². The van der Waals surface area contributed by atoms with Gasteiger partial charge in [0.1, 0.15) is 0 Å². The van der Waals surface area contributed by atoms with Crippen LogP contribution in [0.25, 0.3) is 5.78 Å². The zero-order valence-electron chi connectivity index (χ0n) is 10.1. The van der Waals surface area contributed by atoms with E-state index in [-0.39, 0.29) is 5.78 Å². The Morgan fingerprint density at radius 2 is 2.37 bits per heavy atom. The number of hydrogen-bond donors (Lipinski definition) is 0. The number of aromatic nitrogens is 4. The van der Waals surface area contributed by atoms with Crippen LogP contribution in [-0.2, 0) is 0 Å². The quantitative estimate of drug-likeness (QED) is 0.545. The van der Waals surface area contributed by atoms with Crippen molar-refractivity contribution in [3.63, 3.8) is 0 Å². The Balaban J connectivity index is 1.70. The van der Waals surface area contributed by atoms with Crippen molar-refractivity contribution in [3.8, 4) is 0 Å². The van der Waals surface area contributed by atoms with Crippen molar-refractivity contribution < 1.29 is 4.79 Å². The number of fused-ring (bicyclic) bond motifs is 1. The maximum absolute atomic E-state index is 12.0. The Kier molecular flexibility index (Phi) is 3.31. The molecule has 0 N–H and O–H groups in total. The zero-order chi connectivity index (χ0) is 13.2. The fourth-order valence-corrected chi connectivity index (χ4v) is 3.16. The Morgan fingerprint density at radius 3 is 3.11 bits per heavy atom. The predicted octanol–water partition coefficient (Wildman–Crippen LogP) is 2.47. The van der Waals surface area contributed by atoms with Crippen LogP contribution >= 0.6 is 23.1 Å². The average molecular weight is 290 g/mol. The summed E-state index contributed by atoms with van der Waals surface area (Å²) >= 11 is 2.85. The Labute approximate surface area is 117 Å². The van der Waals surface area contributed by atoms with Gasteiger partial charge in [-0.1, -0.05) is 11.8 Å². The lowest BCUT2D eigenvalue weighted by Gasteiger charge is -1.94. The molecule has 0 aliphatic rings. The van der Waals surface area contributed by atoms with E-state index in [1.807, 2.05) is 19.1 Å². The van der Waals surface area contributed by atoms with E-state index in [1.54, 1.807) is 23.0 Å². The normalized spacial score (nSPS) is 11.0. The lowest BCUT2D eigenvalue weighted by Crippen LogP contribution is -1.99. The topological polar surface area (TPSA) is 60.2 Å². The van der Waals surface area contributed by atoms with E-state index in [0.29, 0.717) is 16.7 Å². The summed E-state index contributed by atoms with van der Waals surface area (Å²) in [5.41, 5.74) is 0. The minimum atomic E-state index is 0.106. The largest absolute Gasteiger partial charge is 0.292 e. The van der Waals surface area contributed by atoms with E-state index in [0.717, 1.165) is 9.75 Å². The minimum absolute atomic E-state index is 0.106. The molecule has 3 rings (SSSR count). The zero-order valence-corrected chi connectivity index (χ0v) is 11.7. The van der Waals surface area contributed by atoms with Gasteiger partial charge in [0.15, 0.2) is 5.78 Å². The van der Waals surface area contributed by atoms with Gasteiger partial charge in [-0.15, -0.1) is 16.4 Å². The predicted molar refractivity (Wildman–Crippen MR) is 74.9 cm³/mol. The molecule has 96 valence electrons. The van der Waals surface area contributed by atoms with Gasteiger partial charge in [0.25, 0.3) is 5.78 Å². The fraction of sp³-hybridized carbons (Fsp3) is 0.167. The van der Waals surface area contributed by atoms with Crippen LogP contribution in [0.3, 0.4) is 0 Å². The van der Waals surface area contributed by atoms with Gasteiger partial charge in [0.2, 0.25) is 5.16 Å². The molecule has 0 aliphatic heterocycles. The number of hydrogen-bond acceptors (Lipinski definition) is 6.